The average Bonchev–Trinajstić information content (AvgIpc) is 3.24. The van der Waals surface area contributed by atoms with Gasteiger partial charge in [0, 0.05) is 5.56 Å². The Kier molecular flexibility index (Phi) is 4.95. The molecule has 0 aliphatic heterocycles. The van der Waals surface area contributed by atoms with Crippen molar-refractivity contribution < 1.29 is 14.0 Å². The van der Waals surface area contributed by atoms with E-state index >= 15 is 0 Å². The quantitative estimate of drug-likeness (QED) is 0.423. The molecule has 2 aromatic heterocycles. The van der Waals surface area contributed by atoms with Gasteiger partial charge < -0.3 is 4.42 Å². The minimum atomic E-state index is -0.920. The van der Waals surface area contributed by atoms with Crippen molar-refractivity contribution in [2.45, 2.75) is 6.92 Å². The Hall–Kier alpha value is -3.33. The number of hydrazone groups is 1. The number of amides is 2. The van der Waals surface area contributed by atoms with Gasteiger partial charge in [0.05, 0.1) is 6.21 Å². The van der Waals surface area contributed by atoms with E-state index in [1.807, 2.05) is 30.3 Å². The predicted octanol–water partition coefficient (Wildman–Crippen LogP) is 2.20. The SMILES string of the molecule is Cc1ccc(/C=N\NC(=O)C(=O)Nc2nnc(-c3ccccc3)s2)o1. The summed E-state index contributed by atoms with van der Waals surface area (Å²) in [6.45, 7) is 1.79. The van der Waals surface area contributed by atoms with Gasteiger partial charge in [-0.1, -0.05) is 41.7 Å². The topological polar surface area (TPSA) is 109 Å². The number of nitrogens with zero attached hydrogens (tertiary/aromatic N) is 3. The zero-order valence-corrected chi connectivity index (χ0v) is 13.9. The number of anilines is 1. The second kappa shape index (κ2) is 7.49. The Morgan fingerprint density at radius 1 is 1.12 bits per heavy atom. The summed E-state index contributed by atoms with van der Waals surface area (Å²) in [6.07, 6.45) is 1.30. The molecule has 0 aliphatic carbocycles. The Morgan fingerprint density at radius 3 is 2.64 bits per heavy atom. The normalized spacial score (nSPS) is 10.8. The van der Waals surface area contributed by atoms with E-state index in [0.29, 0.717) is 10.8 Å². The van der Waals surface area contributed by atoms with Crippen molar-refractivity contribution in [1.29, 1.82) is 0 Å². The number of aromatic nitrogens is 2. The second-order valence-electron chi connectivity index (χ2n) is 4.88. The molecule has 0 unspecified atom stereocenters. The number of carbonyl (C=O) groups is 2. The lowest BCUT2D eigenvalue weighted by atomic mass is 10.2. The summed E-state index contributed by atoms with van der Waals surface area (Å²) in [5.41, 5.74) is 2.99. The first-order valence-electron chi connectivity index (χ1n) is 7.21. The highest BCUT2D eigenvalue weighted by Gasteiger charge is 2.16. The van der Waals surface area contributed by atoms with Gasteiger partial charge in [-0.2, -0.15) is 5.10 Å². The largest absolute Gasteiger partial charge is 0.460 e. The lowest BCUT2D eigenvalue weighted by Crippen LogP contribution is -2.32. The van der Waals surface area contributed by atoms with E-state index in [-0.39, 0.29) is 5.13 Å². The first kappa shape index (κ1) is 16.5. The van der Waals surface area contributed by atoms with Crippen molar-refractivity contribution in [2.75, 3.05) is 5.32 Å². The molecule has 2 heterocycles. The minimum Gasteiger partial charge on any atom is -0.460 e. The summed E-state index contributed by atoms with van der Waals surface area (Å²) in [5, 5.41) is 14.7. The van der Waals surface area contributed by atoms with Crippen LogP contribution in [0, 0.1) is 6.92 Å². The fraction of sp³-hybridized carbons (Fsp3) is 0.0625. The van der Waals surface area contributed by atoms with Crippen molar-refractivity contribution >= 4 is 34.5 Å². The lowest BCUT2D eigenvalue weighted by molar-refractivity contribution is -0.136. The first-order chi connectivity index (χ1) is 12.1. The lowest BCUT2D eigenvalue weighted by Gasteiger charge is -1.98. The molecule has 0 saturated carbocycles. The number of hydrogen-bond acceptors (Lipinski definition) is 7. The van der Waals surface area contributed by atoms with Gasteiger partial charge in [0.1, 0.15) is 16.5 Å². The summed E-state index contributed by atoms with van der Waals surface area (Å²) in [7, 11) is 0. The van der Waals surface area contributed by atoms with Crippen LogP contribution in [0.2, 0.25) is 0 Å². The van der Waals surface area contributed by atoms with Gasteiger partial charge in [-0.15, -0.1) is 10.2 Å². The van der Waals surface area contributed by atoms with Crippen LogP contribution in [0.5, 0.6) is 0 Å². The van der Waals surface area contributed by atoms with Crippen LogP contribution in [-0.4, -0.2) is 28.2 Å². The number of furan rings is 1. The summed E-state index contributed by atoms with van der Waals surface area (Å²) in [6, 6.07) is 12.9. The summed E-state index contributed by atoms with van der Waals surface area (Å²) < 4.78 is 5.25. The van der Waals surface area contributed by atoms with Gasteiger partial charge in [-0.3, -0.25) is 14.9 Å². The zero-order valence-electron chi connectivity index (χ0n) is 13.1. The number of carbonyl (C=O) groups excluding carboxylic acids is 2. The molecule has 2 amide bonds. The van der Waals surface area contributed by atoms with Gasteiger partial charge in [0.15, 0.2) is 0 Å². The van der Waals surface area contributed by atoms with Gasteiger partial charge in [-0.25, -0.2) is 5.43 Å². The van der Waals surface area contributed by atoms with E-state index in [1.165, 1.54) is 17.6 Å². The molecule has 9 heteroatoms. The molecule has 0 saturated heterocycles. The Bertz CT molecular complexity index is 917. The molecule has 0 bridgehead atoms. The second-order valence-corrected chi connectivity index (χ2v) is 5.86. The van der Waals surface area contributed by atoms with E-state index < -0.39 is 11.8 Å². The Balaban J connectivity index is 1.56. The average molecular weight is 355 g/mol. The van der Waals surface area contributed by atoms with Gasteiger partial charge in [-0.05, 0) is 19.1 Å². The van der Waals surface area contributed by atoms with Crippen LogP contribution < -0.4 is 10.7 Å². The number of hydrogen-bond donors (Lipinski definition) is 2. The maximum absolute atomic E-state index is 11.8. The number of rotatable bonds is 4. The number of benzene rings is 1. The molecule has 0 atom stereocenters. The molecule has 2 N–H and O–H groups in total. The summed E-state index contributed by atoms with van der Waals surface area (Å²) in [5.74, 6) is -0.620. The molecule has 25 heavy (non-hydrogen) atoms. The first-order valence-corrected chi connectivity index (χ1v) is 8.03. The van der Waals surface area contributed by atoms with Crippen molar-refractivity contribution in [3.05, 3.63) is 54.0 Å². The molecule has 0 spiro atoms. The van der Waals surface area contributed by atoms with Crippen LogP contribution in [0.3, 0.4) is 0 Å². The molecule has 126 valence electrons. The third-order valence-corrected chi connectivity index (χ3v) is 3.88. The van der Waals surface area contributed by atoms with E-state index in [4.69, 9.17) is 4.42 Å². The van der Waals surface area contributed by atoms with Crippen LogP contribution in [0.25, 0.3) is 10.6 Å². The maximum Gasteiger partial charge on any atom is 0.329 e. The van der Waals surface area contributed by atoms with E-state index in [9.17, 15) is 9.59 Å². The monoisotopic (exact) mass is 355 g/mol. The highest BCUT2D eigenvalue weighted by Crippen LogP contribution is 2.25. The van der Waals surface area contributed by atoms with Crippen molar-refractivity contribution in [3.63, 3.8) is 0 Å². The van der Waals surface area contributed by atoms with Crippen molar-refractivity contribution in [2.24, 2.45) is 5.10 Å². The van der Waals surface area contributed by atoms with Crippen LogP contribution in [0.4, 0.5) is 5.13 Å². The van der Waals surface area contributed by atoms with Crippen LogP contribution in [0.1, 0.15) is 11.5 Å². The molecule has 1 aromatic carbocycles. The molecular formula is C16H13N5O3S. The molecular weight excluding hydrogens is 342 g/mol. The summed E-state index contributed by atoms with van der Waals surface area (Å²) >= 11 is 1.17. The predicted molar refractivity (Wildman–Crippen MR) is 93.2 cm³/mol. The zero-order chi connectivity index (χ0) is 17.6. The molecule has 0 radical (unpaired) electrons. The molecule has 8 nitrogen and oxygen atoms in total. The number of nitrogens with one attached hydrogen (secondary N) is 2. The highest BCUT2D eigenvalue weighted by molar-refractivity contribution is 7.18. The molecule has 3 rings (SSSR count). The fourth-order valence-electron chi connectivity index (χ4n) is 1.85. The molecule has 3 aromatic rings. The smallest absolute Gasteiger partial charge is 0.329 e. The molecule has 0 aliphatic rings. The number of aryl methyl sites for hydroxylation is 1. The van der Waals surface area contributed by atoms with Gasteiger partial charge in [0.25, 0.3) is 0 Å². The van der Waals surface area contributed by atoms with Crippen molar-refractivity contribution in [3.8, 4) is 10.6 Å². The van der Waals surface area contributed by atoms with E-state index in [1.54, 1.807) is 19.1 Å². The molecule has 0 fully saturated rings. The van der Waals surface area contributed by atoms with Gasteiger partial charge >= 0.3 is 11.8 Å². The van der Waals surface area contributed by atoms with Crippen LogP contribution >= 0.6 is 11.3 Å². The maximum atomic E-state index is 11.8. The van der Waals surface area contributed by atoms with Crippen molar-refractivity contribution in [1.82, 2.24) is 15.6 Å². The third-order valence-electron chi connectivity index (χ3n) is 2.99. The standard InChI is InChI=1S/C16H13N5O3S/c1-10-7-8-12(24-10)9-17-19-14(23)13(22)18-16-21-20-15(25-16)11-5-3-2-4-6-11/h2-9H,1H3,(H,19,23)(H,18,21,22)/b17-9-. The highest BCUT2D eigenvalue weighted by atomic mass is 32.1. The Labute approximate surface area is 146 Å². The van der Waals surface area contributed by atoms with E-state index in [2.05, 4.69) is 26.0 Å². The van der Waals surface area contributed by atoms with Crippen LogP contribution in [-0.2, 0) is 9.59 Å². The summed E-state index contributed by atoms with van der Waals surface area (Å²) in [4.78, 5) is 23.5. The van der Waals surface area contributed by atoms with E-state index in [0.717, 1.165) is 11.3 Å². The third kappa shape index (κ3) is 4.36. The fourth-order valence-corrected chi connectivity index (χ4v) is 2.60. The minimum absolute atomic E-state index is 0.227. The Morgan fingerprint density at radius 2 is 1.92 bits per heavy atom. The van der Waals surface area contributed by atoms with Crippen LogP contribution in [0.15, 0.2) is 52.0 Å². The van der Waals surface area contributed by atoms with Gasteiger partial charge in [0.2, 0.25) is 5.13 Å².